The van der Waals surface area contributed by atoms with Gasteiger partial charge in [-0.15, -0.1) is 11.8 Å². The van der Waals surface area contributed by atoms with E-state index in [4.69, 9.17) is 0 Å². The predicted molar refractivity (Wildman–Crippen MR) is 104 cm³/mol. The molecule has 3 nitrogen and oxygen atoms in total. The molecule has 0 saturated carbocycles. The first-order chi connectivity index (χ1) is 12.0. The maximum Gasteiger partial charge on any atom is 0.272 e. The summed E-state index contributed by atoms with van der Waals surface area (Å²) in [6.45, 7) is 8.50. The number of hydrogen-bond acceptors (Lipinski definition) is 3. The van der Waals surface area contributed by atoms with Gasteiger partial charge in [0.15, 0.2) is 0 Å². The number of benzene rings is 1. The first-order valence-corrected chi connectivity index (χ1v) is 9.93. The quantitative estimate of drug-likeness (QED) is 0.724. The van der Waals surface area contributed by atoms with Crippen LogP contribution in [0, 0.1) is 13.8 Å². The van der Waals surface area contributed by atoms with Crippen molar-refractivity contribution in [1.29, 1.82) is 0 Å². The molecule has 1 aromatic carbocycles. The van der Waals surface area contributed by atoms with Gasteiger partial charge < -0.3 is 4.90 Å². The standard InChI is InChI=1S/C21H26N2OS/c1-14-8-11-20(15(2)12-14)25-13-18-6-5-7-19(22-18)21(24)23-16(3)9-10-17(23)4/h5-8,11-12,16-17H,9-10,13H2,1-4H3. The Morgan fingerprint density at radius 1 is 1.16 bits per heavy atom. The summed E-state index contributed by atoms with van der Waals surface area (Å²) in [5.41, 5.74) is 4.09. The Kier molecular flexibility index (Phi) is 5.48. The van der Waals surface area contributed by atoms with Crippen LogP contribution in [0.5, 0.6) is 0 Å². The summed E-state index contributed by atoms with van der Waals surface area (Å²) in [6, 6.07) is 12.9. The van der Waals surface area contributed by atoms with Crippen LogP contribution in [0.2, 0.25) is 0 Å². The van der Waals surface area contributed by atoms with E-state index in [9.17, 15) is 4.79 Å². The highest BCUT2D eigenvalue weighted by atomic mass is 32.2. The number of carbonyl (C=O) groups excluding carboxylic acids is 1. The van der Waals surface area contributed by atoms with Gasteiger partial charge in [0.1, 0.15) is 5.69 Å². The number of aryl methyl sites for hydroxylation is 2. The molecule has 2 atom stereocenters. The lowest BCUT2D eigenvalue weighted by atomic mass is 10.2. The summed E-state index contributed by atoms with van der Waals surface area (Å²) in [7, 11) is 0. The molecule has 1 aromatic heterocycles. The van der Waals surface area contributed by atoms with E-state index >= 15 is 0 Å². The van der Waals surface area contributed by atoms with Gasteiger partial charge in [0, 0.05) is 22.7 Å². The van der Waals surface area contributed by atoms with Gasteiger partial charge in [0.05, 0.1) is 5.69 Å². The first kappa shape index (κ1) is 18.0. The van der Waals surface area contributed by atoms with E-state index in [1.807, 2.05) is 23.1 Å². The molecular weight excluding hydrogens is 328 g/mol. The molecule has 0 spiro atoms. The number of amides is 1. The van der Waals surface area contributed by atoms with Gasteiger partial charge in [-0.05, 0) is 64.3 Å². The molecule has 3 rings (SSSR count). The summed E-state index contributed by atoms with van der Waals surface area (Å²) in [6.07, 6.45) is 2.16. The number of thioether (sulfide) groups is 1. The molecule has 0 N–H and O–H groups in total. The van der Waals surface area contributed by atoms with E-state index < -0.39 is 0 Å². The Bertz CT molecular complexity index is 764. The Hall–Kier alpha value is -1.81. The van der Waals surface area contributed by atoms with Crippen LogP contribution >= 0.6 is 11.8 Å². The van der Waals surface area contributed by atoms with E-state index in [1.165, 1.54) is 16.0 Å². The van der Waals surface area contributed by atoms with Crippen molar-refractivity contribution in [2.24, 2.45) is 0 Å². The fraction of sp³-hybridized carbons (Fsp3) is 0.429. The lowest BCUT2D eigenvalue weighted by Gasteiger charge is -2.26. The second kappa shape index (κ2) is 7.61. The maximum atomic E-state index is 12.8. The van der Waals surface area contributed by atoms with Crippen molar-refractivity contribution in [2.45, 2.75) is 63.3 Å². The van der Waals surface area contributed by atoms with Gasteiger partial charge >= 0.3 is 0 Å². The smallest absolute Gasteiger partial charge is 0.272 e. The molecule has 1 aliphatic rings. The molecule has 2 heterocycles. The summed E-state index contributed by atoms with van der Waals surface area (Å²) in [5, 5.41) is 0. The van der Waals surface area contributed by atoms with Crippen LogP contribution in [0.15, 0.2) is 41.3 Å². The molecule has 0 radical (unpaired) electrons. The minimum Gasteiger partial charge on any atom is -0.332 e. The zero-order chi connectivity index (χ0) is 18.0. The van der Waals surface area contributed by atoms with Crippen molar-refractivity contribution in [3.8, 4) is 0 Å². The van der Waals surface area contributed by atoms with Crippen molar-refractivity contribution in [3.05, 3.63) is 58.9 Å². The van der Waals surface area contributed by atoms with Crippen molar-refractivity contribution in [1.82, 2.24) is 9.88 Å². The second-order valence-corrected chi connectivity index (χ2v) is 8.08. The molecule has 0 bridgehead atoms. The third-order valence-corrected chi connectivity index (χ3v) is 6.13. The van der Waals surface area contributed by atoms with Gasteiger partial charge in [-0.1, -0.05) is 23.8 Å². The second-order valence-electron chi connectivity index (χ2n) is 7.06. The molecular formula is C21H26N2OS. The highest BCUT2D eigenvalue weighted by molar-refractivity contribution is 7.98. The fourth-order valence-corrected chi connectivity index (χ4v) is 4.43. The van der Waals surface area contributed by atoms with Gasteiger partial charge in [-0.25, -0.2) is 4.98 Å². The zero-order valence-electron chi connectivity index (χ0n) is 15.5. The maximum absolute atomic E-state index is 12.8. The number of rotatable bonds is 4. The Morgan fingerprint density at radius 3 is 2.56 bits per heavy atom. The molecule has 1 fully saturated rings. The van der Waals surface area contributed by atoms with E-state index in [1.54, 1.807) is 11.8 Å². The minimum atomic E-state index is 0.0656. The number of hydrogen-bond donors (Lipinski definition) is 0. The molecule has 1 saturated heterocycles. The van der Waals surface area contributed by atoms with Crippen molar-refractivity contribution in [3.63, 3.8) is 0 Å². The topological polar surface area (TPSA) is 33.2 Å². The Balaban J connectivity index is 1.72. The Morgan fingerprint density at radius 2 is 1.88 bits per heavy atom. The number of likely N-dealkylation sites (tertiary alicyclic amines) is 1. The lowest BCUT2D eigenvalue weighted by Crippen LogP contribution is -2.39. The van der Waals surface area contributed by atoms with E-state index in [0.29, 0.717) is 17.8 Å². The van der Waals surface area contributed by atoms with Crippen LogP contribution in [0.4, 0.5) is 0 Å². The highest BCUT2D eigenvalue weighted by Crippen LogP contribution is 2.27. The van der Waals surface area contributed by atoms with Gasteiger partial charge in [0.25, 0.3) is 5.91 Å². The van der Waals surface area contributed by atoms with Crippen LogP contribution in [0.25, 0.3) is 0 Å². The molecule has 1 aliphatic heterocycles. The van der Waals surface area contributed by atoms with Crippen LogP contribution in [0.3, 0.4) is 0 Å². The molecule has 1 amide bonds. The van der Waals surface area contributed by atoms with E-state index in [2.05, 4.69) is 50.9 Å². The van der Waals surface area contributed by atoms with Gasteiger partial charge in [-0.2, -0.15) is 0 Å². The zero-order valence-corrected chi connectivity index (χ0v) is 16.3. The SMILES string of the molecule is Cc1ccc(SCc2cccc(C(=O)N3C(C)CCC3C)n2)c(C)c1. The molecule has 2 unspecified atom stereocenters. The lowest BCUT2D eigenvalue weighted by molar-refractivity contribution is 0.0686. The summed E-state index contributed by atoms with van der Waals surface area (Å²) in [5.74, 6) is 0.840. The molecule has 132 valence electrons. The van der Waals surface area contributed by atoms with Crippen molar-refractivity contribution >= 4 is 17.7 Å². The normalized spacial score (nSPS) is 20.1. The highest BCUT2D eigenvalue weighted by Gasteiger charge is 2.32. The molecule has 25 heavy (non-hydrogen) atoms. The minimum absolute atomic E-state index is 0.0656. The largest absolute Gasteiger partial charge is 0.332 e. The first-order valence-electron chi connectivity index (χ1n) is 8.94. The van der Waals surface area contributed by atoms with Crippen LogP contribution in [-0.4, -0.2) is 27.9 Å². The predicted octanol–water partition coefficient (Wildman–Crippen LogP) is 5.00. The fourth-order valence-electron chi connectivity index (χ4n) is 3.52. The van der Waals surface area contributed by atoms with Crippen molar-refractivity contribution < 1.29 is 4.79 Å². The van der Waals surface area contributed by atoms with Gasteiger partial charge in [-0.3, -0.25) is 4.79 Å². The summed E-state index contributed by atoms with van der Waals surface area (Å²) >= 11 is 1.78. The van der Waals surface area contributed by atoms with Crippen LogP contribution in [0.1, 0.15) is 54.0 Å². The summed E-state index contributed by atoms with van der Waals surface area (Å²) < 4.78 is 0. The van der Waals surface area contributed by atoms with Crippen molar-refractivity contribution in [2.75, 3.05) is 0 Å². The average molecular weight is 355 g/mol. The molecule has 2 aromatic rings. The van der Waals surface area contributed by atoms with E-state index in [-0.39, 0.29) is 5.91 Å². The third-order valence-electron chi connectivity index (χ3n) is 4.92. The van der Waals surface area contributed by atoms with Crippen LogP contribution < -0.4 is 0 Å². The molecule has 4 heteroatoms. The Labute approximate surface area is 154 Å². The summed E-state index contributed by atoms with van der Waals surface area (Å²) in [4.78, 5) is 20.7. The number of aromatic nitrogens is 1. The van der Waals surface area contributed by atoms with E-state index in [0.717, 1.165) is 24.3 Å². The van der Waals surface area contributed by atoms with Crippen LogP contribution in [-0.2, 0) is 5.75 Å². The monoisotopic (exact) mass is 354 g/mol. The average Bonchev–Trinajstić information content (AvgIpc) is 2.92. The molecule has 0 aliphatic carbocycles. The number of carbonyl (C=O) groups is 1. The third kappa shape index (κ3) is 4.06. The van der Waals surface area contributed by atoms with Gasteiger partial charge in [0.2, 0.25) is 0 Å². The number of pyridine rings is 1. The number of nitrogens with zero attached hydrogens (tertiary/aromatic N) is 2.